The molecule has 0 spiro atoms. The predicted octanol–water partition coefficient (Wildman–Crippen LogP) is 1.75. The first-order valence-electron chi connectivity index (χ1n) is 6.96. The summed E-state index contributed by atoms with van der Waals surface area (Å²) in [6, 6.07) is 8.75. The Morgan fingerprint density at radius 3 is 2.75 bits per heavy atom. The number of carbonyl (C=O) groups excluding carboxylic acids is 1. The molecule has 24 heavy (non-hydrogen) atoms. The molecule has 1 aliphatic heterocycles. The number of fused-ring (bicyclic) bond motifs is 1. The highest BCUT2D eigenvalue weighted by atomic mass is 32.2. The highest BCUT2D eigenvalue weighted by Gasteiger charge is 2.21. The van der Waals surface area contributed by atoms with Crippen LogP contribution in [0.3, 0.4) is 0 Å². The molecule has 0 unspecified atom stereocenters. The van der Waals surface area contributed by atoms with E-state index in [0.29, 0.717) is 24.1 Å². The van der Waals surface area contributed by atoms with Gasteiger partial charge in [0.05, 0.1) is 5.56 Å². The first kappa shape index (κ1) is 16.0. The second kappa shape index (κ2) is 5.94. The third-order valence-corrected chi connectivity index (χ3v) is 4.80. The number of nitrogens with zero attached hydrogens (tertiary/aromatic N) is 1. The summed E-state index contributed by atoms with van der Waals surface area (Å²) in [5.41, 5.74) is 0.768. The normalized spacial score (nSPS) is 13.6. The van der Waals surface area contributed by atoms with Crippen molar-refractivity contribution in [1.29, 1.82) is 5.26 Å². The fourth-order valence-corrected chi connectivity index (χ4v) is 3.33. The van der Waals surface area contributed by atoms with Gasteiger partial charge < -0.3 is 9.50 Å². The average molecular weight is 346 g/mol. The highest BCUT2D eigenvalue weighted by Crippen LogP contribution is 2.24. The number of hydrogen-bond donors (Lipinski definition) is 1. The molecule has 0 aliphatic carbocycles. The first-order valence-corrected chi connectivity index (χ1v) is 8.37. The molecule has 1 N–H and O–H groups in total. The second-order valence-corrected chi connectivity index (χ2v) is 6.66. The van der Waals surface area contributed by atoms with E-state index in [2.05, 4.69) is 5.32 Å². The monoisotopic (exact) mass is 346 g/mol. The summed E-state index contributed by atoms with van der Waals surface area (Å²) in [6.45, 7) is 0.464. The molecule has 2 aromatic carbocycles. The van der Waals surface area contributed by atoms with Gasteiger partial charge in [-0.05, 0) is 48.4 Å². The Hall–Kier alpha value is -2.92. The third-order valence-electron chi connectivity index (χ3n) is 3.55. The van der Waals surface area contributed by atoms with Gasteiger partial charge in [-0.15, -0.1) is 0 Å². The van der Waals surface area contributed by atoms with E-state index in [1.807, 2.05) is 0 Å². The zero-order chi connectivity index (χ0) is 17.3. The minimum Gasteiger partial charge on any atom is -0.379 e. The van der Waals surface area contributed by atoms with Crippen LogP contribution in [-0.2, 0) is 16.5 Å². The van der Waals surface area contributed by atoms with Gasteiger partial charge in [0.2, 0.25) is 0 Å². The number of amides is 1. The highest BCUT2D eigenvalue weighted by molar-refractivity contribution is 7.87. The fraction of sp³-hybridized carbons (Fsp3) is 0.125. The minimum absolute atomic E-state index is 0.0475. The second-order valence-electron chi connectivity index (χ2n) is 5.12. The van der Waals surface area contributed by atoms with Crippen molar-refractivity contribution in [3.63, 3.8) is 0 Å². The maximum atomic E-state index is 13.3. The molecular weight excluding hydrogens is 335 g/mol. The Kier molecular flexibility index (Phi) is 3.95. The lowest BCUT2D eigenvalue weighted by molar-refractivity contribution is 0.0946. The Balaban J connectivity index is 1.93. The van der Waals surface area contributed by atoms with E-state index in [-0.39, 0.29) is 22.1 Å². The van der Waals surface area contributed by atoms with Crippen LogP contribution < -0.4 is 9.50 Å². The summed E-state index contributed by atoms with van der Waals surface area (Å²) in [6.07, 6.45) is 0.563. The van der Waals surface area contributed by atoms with Crippen molar-refractivity contribution in [1.82, 2.24) is 5.32 Å². The van der Waals surface area contributed by atoms with Crippen LogP contribution in [0.4, 0.5) is 4.39 Å². The quantitative estimate of drug-likeness (QED) is 0.854. The van der Waals surface area contributed by atoms with Crippen molar-refractivity contribution in [2.24, 2.45) is 0 Å². The van der Waals surface area contributed by atoms with Gasteiger partial charge in [-0.25, -0.2) is 4.39 Å². The van der Waals surface area contributed by atoms with Gasteiger partial charge in [-0.1, -0.05) is 0 Å². The third kappa shape index (κ3) is 2.94. The zero-order valence-corrected chi connectivity index (χ0v) is 13.1. The van der Waals surface area contributed by atoms with Gasteiger partial charge in [0.15, 0.2) is 0 Å². The summed E-state index contributed by atoms with van der Waals surface area (Å²) in [5.74, 6) is -0.981. The summed E-state index contributed by atoms with van der Waals surface area (Å²) in [5, 5.41) is 11.5. The number of benzene rings is 2. The molecule has 1 aliphatic rings. The van der Waals surface area contributed by atoms with Crippen LogP contribution in [0.2, 0.25) is 0 Å². The zero-order valence-electron chi connectivity index (χ0n) is 12.2. The average Bonchev–Trinajstić information content (AvgIpc) is 2.55. The molecule has 2 aromatic rings. The maximum Gasteiger partial charge on any atom is 0.339 e. The Labute approximate surface area is 137 Å². The standard InChI is InChI=1S/C16H11FN2O4S/c17-15-4-2-13(8-11(15)9-18)24(21,22)23-12-1-3-14-10(7-12)5-6-19-16(14)20/h1-4,7-8H,5-6H2,(H,19,20). The van der Waals surface area contributed by atoms with Crippen LogP contribution in [0.25, 0.3) is 0 Å². The van der Waals surface area contributed by atoms with E-state index >= 15 is 0 Å². The summed E-state index contributed by atoms with van der Waals surface area (Å²) in [4.78, 5) is 11.3. The van der Waals surface area contributed by atoms with Crippen molar-refractivity contribution in [3.05, 3.63) is 58.9 Å². The summed E-state index contributed by atoms with van der Waals surface area (Å²) in [7, 11) is -4.22. The van der Waals surface area contributed by atoms with Crippen molar-refractivity contribution in [2.45, 2.75) is 11.3 Å². The van der Waals surface area contributed by atoms with Gasteiger partial charge in [-0.3, -0.25) is 4.79 Å². The van der Waals surface area contributed by atoms with Crippen LogP contribution in [0.1, 0.15) is 21.5 Å². The molecule has 0 aromatic heterocycles. The first-order chi connectivity index (χ1) is 11.4. The van der Waals surface area contributed by atoms with E-state index in [4.69, 9.17) is 9.44 Å². The molecule has 1 amide bonds. The molecule has 0 saturated heterocycles. The molecule has 0 bridgehead atoms. The topological polar surface area (TPSA) is 96.3 Å². The van der Waals surface area contributed by atoms with Crippen molar-refractivity contribution in [3.8, 4) is 11.8 Å². The molecule has 1 heterocycles. The number of nitriles is 1. The van der Waals surface area contributed by atoms with Gasteiger partial charge in [0, 0.05) is 12.1 Å². The molecule has 6 nitrogen and oxygen atoms in total. The molecule has 0 radical (unpaired) electrons. The van der Waals surface area contributed by atoms with Gasteiger partial charge in [0.1, 0.15) is 22.5 Å². The molecule has 0 saturated carbocycles. The summed E-state index contributed by atoms with van der Waals surface area (Å²) >= 11 is 0. The molecule has 3 rings (SSSR count). The summed E-state index contributed by atoms with van der Waals surface area (Å²) < 4.78 is 42.9. The van der Waals surface area contributed by atoms with Crippen LogP contribution in [0.5, 0.6) is 5.75 Å². The SMILES string of the molecule is N#Cc1cc(S(=O)(=O)Oc2ccc3c(c2)CCNC3=O)ccc1F. The fourth-order valence-electron chi connectivity index (χ4n) is 2.38. The van der Waals surface area contributed by atoms with Crippen LogP contribution in [0.15, 0.2) is 41.3 Å². The molecule has 0 fully saturated rings. The number of carbonyl (C=O) groups is 1. The Bertz CT molecular complexity index is 980. The smallest absolute Gasteiger partial charge is 0.339 e. The largest absolute Gasteiger partial charge is 0.379 e. The van der Waals surface area contributed by atoms with E-state index in [9.17, 15) is 17.6 Å². The van der Waals surface area contributed by atoms with E-state index in [0.717, 1.165) is 18.2 Å². The lowest BCUT2D eigenvalue weighted by Crippen LogP contribution is -2.31. The number of halogens is 1. The maximum absolute atomic E-state index is 13.3. The van der Waals surface area contributed by atoms with Gasteiger partial charge in [0.25, 0.3) is 5.91 Å². The van der Waals surface area contributed by atoms with Crippen LogP contribution in [0, 0.1) is 17.1 Å². The number of hydrogen-bond acceptors (Lipinski definition) is 5. The van der Waals surface area contributed by atoms with Crippen molar-refractivity contribution >= 4 is 16.0 Å². The lowest BCUT2D eigenvalue weighted by atomic mass is 10.0. The van der Waals surface area contributed by atoms with Crippen molar-refractivity contribution in [2.75, 3.05) is 6.54 Å². The van der Waals surface area contributed by atoms with Crippen LogP contribution >= 0.6 is 0 Å². The Morgan fingerprint density at radius 2 is 2.00 bits per heavy atom. The van der Waals surface area contributed by atoms with Gasteiger partial charge >= 0.3 is 10.1 Å². The van der Waals surface area contributed by atoms with E-state index < -0.39 is 15.9 Å². The predicted molar refractivity (Wildman–Crippen MR) is 81.4 cm³/mol. The molecule has 0 atom stereocenters. The lowest BCUT2D eigenvalue weighted by Gasteiger charge is -2.17. The molecule has 122 valence electrons. The van der Waals surface area contributed by atoms with E-state index in [1.54, 1.807) is 6.07 Å². The van der Waals surface area contributed by atoms with E-state index in [1.165, 1.54) is 18.2 Å². The molecular formula is C16H11FN2O4S. The number of nitrogens with one attached hydrogen (secondary N) is 1. The van der Waals surface area contributed by atoms with Crippen molar-refractivity contribution < 1.29 is 21.8 Å². The Morgan fingerprint density at radius 1 is 1.21 bits per heavy atom. The molecule has 8 heteroatoms. The van der Waals surface area contributed by atoms with Gasteiger partial charge in [-0.2, -0.15) is 13.7 Å². The number of rotatable bonds is 3. The minimum atomic E-state index is -4.22. The van der Waals surface area contributed by atoms with Crippen LogP contribution in [-0.4, -0.2) is 20.9 Å².